The van der Waals surface area contributed by atoms with Crippen LogP contribution in [0.4, 0.5) is 0 Å². The Hall–Kier alpha value is -1.36. The maximum Gasteiger partial charge on any atom is 0.224 e. The van der Waals surface area contributed by atoms with Crippen LogP contribution in [0.2, 0.25) is 0 Å². The summed E-state index contributed by atoms with van der Waals surface area (Å²) in [5.41, 5.74) is 5.83. The van der Waals surface area contributed by atoms with Crippen molar-refractivity contribution in [1.82, 2.24) is 14.7 Å². The highest BCUT2D eigenvalue weighted by Crippen LogP contribution is 2.27. The van der Waals surface area contributed by atoms with E-state index in [0.717, 1.165) is 12.8 Å². The molecule has 0 aliphatic heterocycles. The highest BCUT2D eigenvalue weighted by atomic mass is 16.2. The molecule has 0 bridgehead atoms. The van der Waals surface area contributed by atoms with Crippen LogP contribution in [0.3, 0.4) is 0 Å². The first-order valence-electron chi connectivity index (χ1n) is 7.15. The number of nitrogens with zero attached hydrogens (tertiary/aromatic N) is 3. The number of aromatic nitrogens is 2. The van der Waals surface area contributed by atoms with Gasteiger partial charge in [0.2, 0.25) is 5.91 Å². The van der Waals surface area contributed by atoms with Crippen molar-refractivity contribution in [2.45, 2.75) is 44.7 Å². The van der Waals surface area contributed by atoms with Gasteiger partial charge in [0.1, 0.15) is 0 Å². The van der Waals surface area contributed by atoms with Gasteiger partial charge in [-0.3, -0.25) is 9.48 Å². The summed E-state index contributed by atoms with van der Waals surface area (Å²) in [4.78, 5) is 14.2. The van der Waals surface area contributed by atoms with Crippen LogP contribution in [0.1, 0.15) is 32.1 Å². The summed E-state index contributed by atoms with van der Waals surface area (Å²) in [6.07, 6.45) is 8.82. The third-order valence-electron chi connectivity index (χ3n) is 4.18. The number of rotatable bonds is 5. The maximum absolute atomic E-state index is 12.2. The smallest absolute Gasteiger partial charge is 0.224 e. The predicted octanol–water partition coefficient (Wildman–Crippen LogP) is 1.25. The Labute approximate surface area is 114 Å². The molecule has 1 fully saturated rings. The molecule has 5 heteroatoms. The SMILES string of the molecule is CN(C(=O)CCn1cccn1)C1CCCCC1CN. The second-order valence-electron chi connectivity index (χ2n) is 5.37. The highest BCUT2D eigenvalue weighted by Gasteiger charge is 2.29. The molecule has 1 aromatic heterocycles. The maximum atomic E-state index is 12.2. The van der Waals surface area contributed by atoms with Crippen LogP contribution < -0.4 is 5.73 Å². The van der Waals surface area contributed by atoms with Crippen LogP contribution in [0, 0.1) is 5.92 Å². The third kappa shape index (κ3) is 3.56. The molecule has 19 heavy (non-hydrogen) atoms. The molecule has 0 aromatic carbocycles. The van der Waals surface area contributed by atoms with Crippen molar-refractivity contribution in [3.63, 3.8) is 0 Å². The van der Waals surface area contributed by atoms with Crippen molar-refractivity contribution in [2.24, 2.45) is 11.7 Å². The zero-order valence-corrected chi connectivity index (χ0v) is 11.7. The van der Waals surface area contributed by atoms with Gasteiger partial charge in [-0.25, -0.2) is 0 Å². The molecule has 2 N–H and O–H groups in total. The molecule has 1 amide bonds. The van der Waals surface area contributed by atoms with E-state index < -0.39 is 0 Å². The summed E-state index contributed by atoms with van der Waals surface area (Å²) >= 11 is 0. The lowest BCUT2D eigenvalue weighted by molar-refractivity contribution is -0.133. The lowest BCUT2D eigenvalue weighted by atomic mass is 9.83. The van der Waals surface area contributed by atoms with E-state index in [-0.39, 0.29) is 5.91 Å². The quantitative estimate of drug-likeness (QED) is 0.870. The van der Waals surface area contributed by atoms with Gasteiger partial charge in [0, 0.05) is 38.4 Å². The summed E-state index contributed by atoms with van der Waals surface area (Å²) in [5, 5.41) is 4.12. The second-order valence-corrected chi connectivity index (χ2v) is 5.37. The lowest BCUT2D eigenvalue weighted by Crippen LogP contribution is -2.46. The van der Waals surface area contributed by atoms with Gasteiger partial charge in [0.25, 0.3) is 0 Å². The van der Waals surface area contributed by atoms with Crippen molar-refractivity contribution in [3.05, 3.63) is 18.5 Å². The van der Waals surface area contributed by atoms with E-state index in [1.807, 2.05) is 24.2 Å². The van der Waals surface area contributed by atoms with E-state index >= 15 is 0 Å². The number of hydrogen-bond acceptors (Lipinski definition) is 3. The fourth-order valence-electron chi connectivity index (χ4n) is 2.98. The molecule has 106 valence electrons. The average Bonchev–Trinajstić information content (AvgIpc) is 2.97. The van der Waals surface area contributed by atoms with Gasteiger partial charge in [0.15, 0.2) is 0 Å². The molecular weight excluding hydrogens is 240 g/mol. The molecule has 2 atom stereocenters. The molecule has 1 aliphatic carbocycles. The normalized spacial score (nSPS) is 23.3. The van der Waals surface area contributed by atoms with Crippen LogP contribution in [0.25, 0.3) is 0 Å². The van der Waals surface area contributed by atoms with Crippen molar-refractivity contribution in [2.75, 3.05) is 13.6 Å². The molecule has 0 spiro atoms. The monoisotopic (exact) mass is 264 g/mol. The molecule has 0 saturated heterocycles. The Bertz CT molecular complexity index is 390. The fraction of sp³-hybridized carbons (Fsp3) is 0.714. The number of carbonyl (C=O) groups excluding carboxylic acids is 1. The minimum atomic E-state index is 0.195. The van der Waals surface area contributed by atoms with Gasteiger partial charge in [-0.1, -0.05) is 12.8 Å². The minimum absolute atomic E-state index is 0.195. The number of hydrogen-bond donors (Lipinski definition) is 1. The number of aryl methyl sites for hydroxylation is 1. The predicted molar refractivity (Wildman–Crippen MR) is 74.4 cm³/mol. The van der Waals surface area contributed by atoms with Crippen molar-refractivity contribution in [3.8, 4) is 0 Å². The standard InChI is InChI=1S/C14H24N4O/c1-17(13-6-3-2-5-12(13)11-15)14(19)7-10-18-9-4-8-16-18/h4,8-9,12-13H,2-3,5-7,10-11,15H2,1H3. The minimum Gasteiger partial charge on any atom is -0.342 e. The number of nitrogens with two attached hydrogens (primary N) is 1. The fourth-order valence-corrected chi connectivity index (χ4v) is 2.98. The summed E-state index contributed by atoms with van der Waals surface area (Å²) in [6, 6.07) is 2.20. The van der Waals surface area contributed by atoms with Crippen LogP contribution in [0.5, 0.6) is 0 Å². The summed E-state index contributed by atoms with van der Waals surface area (Å²) in [6.45, 7) is 1.33. The van der Waals surface area contributed by atoms with E-state index in [2.05, 4.69) is 5.10 Å². The zero-order chi connectivity index (χ0) is 13.7. The van der Waals surface area contributed by atoms with Crippen molar-refractivity contribution in [1.29, 1.82) is 0 Å². The van der Waals surface area contributed by atoms with E-state index in [0.29, 0.717) is 31.5 Å². The van der Waals surface area contributed by atoms with Gasteiger partial charge in [-0.2, -0.15) is 5.10 Å². The molecule has 5 nitrogen and oxygen atoms in total. The molecule has 1 aliphatic rings. The Morgan fingerprint density at radius 2 is 2.26 bits per heavy atom. The van der Waals surface area contributed by atoms with Crippen molar-refractivity contribution >= 4 is 5.91 Å². The molecular formula is C14H24N4O. The Balaban J connectivity index is 1.86. The topological polar surface area (TPSA) is 64.2 Å². The van der Waals surface area contributed by atoms with E-state index in [9.17, 15) is 4.79 Å². The summed E-state index contributed by atoms with van der Waals surface area (Å²) in [7, 11) is 1.92. The Morgan fingerprint density at radius 3 is 2.95 bits per heavy atom. The molecule has 1 saturated carbocycles. The van der Waals surface area contributed by atoms with Crippen LogP contribution in [-0.4, -0.2) is 40.2 Å². The first kappa shape index (κ1) is 14.1. The average molecular weight is 264 g/mol. The van der Waals surface area contributed by atoms with Gasteiger partial charge in [0.05, 0.1) is 0 Å². The first-order chi connectivity index (χ1) is 9.22. The van der Waals surface area contributed by atoms with Gasteiger partial charge < -0.3 is 10.6 Å². The molecule has 1 aromatic rings. The Morgan fingerprint density at radius 1 is 1.47 bits per heavy atom. The van der Waals surface area contributed by atoms with Crippen LogP contribution >= 0.6 is 0 Å². The summed E-state index contributed by atoms with van der Waals surface area (Å²) < 4.78 is 1.80. The van der Waals surface area contributed by atoms with E-state index in [1.165, 1.54) is 12.8 Å². The van der Waals surface area contributed by atoms with Crippen molar-refractivity contribution < 1.29 is 4.79 Å². The molecule has 0 radical (unpaired) electrons. The van der Waals surface area contributed by atoms with Gasteiger partial charge >= 0.3 is 0 Å². The summed E-state index contributed by atoms with van der Waals surface area (Å²) in [5.74, 6) is 0.660. The van der Waals surface area contributed by atoms with E-state index in [4.69, 9.17) is 5.73 Å². The Kier molecular flexibility index (Phi) is 4.96. The number of amides is 1. The third-order valence-corrected chi connectivity index (χ3v) is 4.18. The first-order valence-corrected chi connectivity index (χ1v) is 7.15. The van der Waals surface area contributed by atoms with E-state index in [1.54, 1.807) is 10.9 Å². The van der Waals surface area contributed by atoms with Crippen LogP contribution in [0.15, 0.2) is 18.5 Å². The zero-order valence-electron chi connectivity index (χ0n) is 11.7. The van der Waals surface area contributed by atoms with Crippen LogP contribution in [-0.2, 0) is 11.3 Å². The molecule has 2 unspecified atom stereocenters. The number of carbonyl (C=O) groups is 1. The van der Waals surface area contributed by atoms with Gasteiger partial charge in [-0.15, -0.1) is 0 Å². The molecule has 1 heterocycles. The lowest BCUT2D eigenvalue weighted by Gasteiger charge is -2.37. The largest absolute Gasteiger partial charge is 0.342 e. The van der Waals surface area contributed by atoms with Gasteiger partial charge in [-0.05, 0) is 31.4 Å². The second kappa shape index (κ2) is 6.70. The molecule has 2 rings (SSSR count). The highest BCUT2D eigenvalue weighted by molar-refractivity contribution is 5.76.